The molecule has 0 unspecified atom stereocenters. The third kappa shape index (κ3) is 24.7. The van der Waals surface area contributed by atoms with Gasteiger partial charge in [-0.2, -0.15) is 10.2 Å². The van der Waals surface area contributed by atoms with Crippen LogP contribution in [0.4, 0.5) is 34.1 Å². The van der Waals surface area contributed by atoms with Gasteiger partial charge in [0.05, 0.1) is 49.2 Å². The van der Waals surface area contributed by atoms with Gasteiger partial charge < -0.3 is 29.6 Å². The molecule has 0 heterocycles. The second-order valence-electron chi connectivity index (χ2n) is 30.7. The Balaban J connectivity index is 0.000000286. The first kappa shape index (κ1) is 80.4. The predicted molar refractivity (Wildman–Crippen MR) is 428 cm³/mol. The fourth-order valence-corrected chi connectivity index (χ4v) is 11.7. The maximum Gasteiger partial charge on any atom is 0.333 e. The van der Waals surface area contributed by atoms with E-state index in [0.717, 1.165) is 130 Å². The summed E-state index contributed by atoms with van der Waals surface area (Å²) in [7, 11) is 0. The maximum atomic E-state index is 11.4. The van der Waals surface area contributed by atoms with Crippen molar-refractivity contribution in [2.24, 2.45) is 31.3 Å². The number of benzene rings is 8. The lowest BCUT2D eigenvalue weighted by Crippen LogP contribution is -2.33. The normalized spacial score (nSPS) is 12.0. The smallest absolute Gasteiger partial charge is 0.333 e. The van der Waals surface area contributed by atoms with Crippen molar-refractivity contribution in [2.75, 3.05) is 37.1 Å². The van der Waals surface area contributed by atoms with Crippen LogP contribution >= 0.6 is 0 Å². The van der Waals surface area contributed by atoms with Crippen LogP contribution in [0.15, 0.2) is 202 Å². The fourth-order valence-electron chi connectivity index (χ4n) is 11.7. The number of carbonyl (C=O) groups excluding carboxylic acids is 2. The lowest BCUT2D eigenvalue weighted by Gasteiger charge is -2.39. The monoisotopic (exact) mass is 1380 g/mol. The Labute approximate surface area is 611 Å². The molecule has 8 aromatic rings. The molecule has 0 aliphatic rings. The van der Waals surface area contributed by atoms with Crippen molar-refractivity contribution in [3.05, 3.63) is 215 Å². The summed E-state index contributed by atoms with van der Waals surface area (Å²) < 4.78 is 22.3. The van der Waals surface area contributed by atoms with Crippen molar-refractivity contribution in [3.8, 4) is 11.5 Å². The van der Waals surface area contributed by atoms with Gasteiger partial charge in [-0.1, -0.05) is 257 Å². The van der Waals surface area contributed by atoms with E-state index in [9.17, 15) is 9.59 Å². The minimum atomic E-state index is -0.287. The van der Waals surface area contributed by atoms with Gasteiger partial charge in [0.25, 0.3) is 0 Å². The van der Waals surface area contributed by atoms with Crippen LogP contribution in [-0.2, 0) is 43.0 Å². The van der Waals surface area contributed by atoms with Crippen molar-refractivity contribution in [3.63, 3.8) is 0 Å². The highest BCUT2D eigenvalue weighted by molar-refractivity contribution is 6.02. The summed E-state index contributed by atoms with van der Waals surface area (Å²) in [5.74, 6) is 1.25. The van der Waals surface area contributed by atoms with Crippen LogP contribution in [0.5, 0.6) is 11.5 Å². The van der Waals surface area contributed by atoms with Gasteiger partial charge in [-0.3, -0.25) is 0 Å². The van der Waals surface area contributed by atoms with E-state index < -0.39 is 0 Å². The molecule has 8 aromatic carbocycles. The predicted octanol–water partition coefficient (Wildman–Crippen LogP) is 26.2. The minimum Gasteiger partial charge on any atom is -0.494 e. The lowest BCUT2D eigenvalue weighted by atomic mass is 9.65. The van der Waals surface area contributed by atoms with Crippen LogP contribution in [0.1, 0.15) is 219 Å². The van der Waals surface area contributed by atoms with Crippen molar-refractivity contribution in [1.82, 2.24) is 0 Å². The van der Waals surface area contributed by atoms with Crippen LogP contribution < -0.4 is 20.1 Å². The second kappa shape index (κ2) is 39.5. The van der Waals surface area contributed by atoms with Crippen LogP contribution in [0, 0.1) is 24.7 Å². The molecule has 0 radical (unpaired) electrons. The van der Waals surface area contributed by atoms with Crippen LogP contribution in [-0.4, -0.2) is 38.4 Å². The van der Waals surface area contributed by atoms with E-state index in [1.807, 2.05) is 12.1 Å². The summed E-state index contributed by atoms with van der Waals surface area (Å²) in [5, 5.41) is 30.4. The second-order valence-corrected chi connectivity index (χ2v) is 30.7. The van der Waals surface area contributed by atoms with Gasteiger partial charge in [-0.05, 0) is 169 Å². The topological polar surface area (TPSA) is 145 Å². The number of hydrogen-bond acceptors (Lipinski definition) is 12. The van der Waals surface area contributed by atoms with E-state index in [4.69, 9.17) is 29.2 Å². The Morgan fingerprint density at radius 3 is 0.971 bits per heavy atom. The maximum absolute atomic E-state index is 11.4. The van der Waals surface area contributed by atoms with Gasteiger partial charge in [-0.15, -0.1) is 10.2 Å². The van der Waals surface area contributed by atoms with Crippen molar-refractivity contribution in [2.45, 2.75) is 224 Å². The highest BCUT2D eigenvalue weighted by Gasteiger charge is 2.35. The molecule has 0 saturated heterocycles. The first-order valence-corrected chi connectivity index (χ1v) is 37.4. The molecular formula is C90H118N6O6. The number of nitrogens with one attached hydrogen (secondary N) is 2. The Morgan fingerprint density at radius 2 is 0.657 bits per heavy atom. The number of esters is 2. The van der Waals surface area contributed by atoms with Gasteiger partial charge in [0, 0.05) is 57.2 Å². The Hall–Kier alpha value is -8.90. The number of ether oxygens (including phenoxy) is 4. The SMILES string of the molecule is C=C(C)C(=O)OCCCCCCCCCCOc1ccc(CNc2ccc(N=Nc3ccc(C(C)(C)C(C)(C)C)cc3C)c3ccccc23)cc1.C=C(C)C(=O)OCCCCCCCCCCOc1ccc(CNc2ccc(N=Nc3ccc(C(C)(C)C(C)(C)C)cc3C)c3ccccc23)cc1. The average molecular weight is 1380 g/mol. The third-order valence-corrected chi connectivity index (χ3v) is 20.5. The number of unbranched alkanes of at least 4 members (excludes halogenated alkanes) is 14. The number of rotatable bonds is 38. The minimum absolute atomic E-state index is 0.0392. The van der Waals surface area contributed by atoms with E-state index in [0.29, 0.717) is 37.4 Å². The van der Waals surface area contributed by atoms with Crippen LogP contribution in [0.25, 0.3) is 21.5 Å². The van der Waals surface area contributed by atoms with Gasteiger partial charge >= 0.3 is 11.9 Å². The molecule has 0 aromatic heterocycles. The molecule has 0 aliphatic carbocycles. The first-order chi connectivity index (χ1) is 48.7. The zero-order chi connectivity index (χ0) is 73.7. The van der Waals surface area contributed by atoms with Crippen molar-refractivity contribution < 1.29 is 28.5 Å². The number of hydrogen-bond donors (Lipinski definition) is 2. The molecule has 8 rings (SSSR count). The number of fused-ring (bicyclic) bond motifs is 2. The first-order valence-electron chi connectivity index (χ1n) is 37.4. The molecule has 102 heavy (non-hydrogen) atoms. The molecule has 0 atom stereocenters. The molecule has 2 N–H and O–H groups in total. The molecule has 0 amide bonds. The van der Waals surface area contributed by atoms with Gasteiger partial charge in [0.15, 0.2) is 0 Å². The summed E-state index contributed by atoms with van der Waals surface area (Å²) in [6.45, 7) is 41.6. The number of azo groups is 2. The van der Waals surface area contributed by atoms with Gasteiger partial charge in [0.2, 0.25) is 0 Å². The molecule has 12 heteroatoms. The van der Waals surface area contributed by atoms with Crippen LogP contribution in [0.3, 0.4) is 0 Å². The summed E-state index contributed by atoms with van der Waals surface area (Å²) in [6, 6.07) is 54.9. The van der Waals surface area contributed by atoms with E-state index in [1.165, 1.54) is 86.5 Å². The molecule has 0 fully saturated rings. The summed E-state index contributed by atoms with van der Waals surface area (Å²) in [4.78, 5) is 22.8. The zero-order valence-electron chi connectivity index (χ0n) is 64.2. The molecule has 0 saturated carbocycles. The van der Waals surface area contributed by atoms with E-state index in [-0.39, 0.29) is 33.6 Å². The highest BCUT2D eigenvalue weighted by Crippen LogP contribution is 2.44. The number of anilines is 2. The van der Waals surface area contributed by atoms with Crippen molar-refractivity contribution in [1.29, 1.82) is 0 Å². The van der Waals surface area contributed by atoms with Gasteiger partial charge in [-0.25, -0.2) is 9.59 Å². The molecule has 0 aliphatic heterocycles. The zero-order valence-corrected chi connectivity index (χ0v) is 64.2. The number of carbonyl (C=O) groups is 2. The molecule has 12 nitrogen and oxygen atoms in total. The average Bonchev–Trinajstić information content (AvgIpc) is 0.816. The van der Waals surface area contributed by atoms with Crippen molar-refractivity contribution >= 4 is 67.6 Å². The Morgan fingerprint density at radius 1 is 0.363 bits per heavy atom. The van der Waals surface area contributed by atoms with E-state index in [1.54, 1.807) is 13.8 Å². The fraction of sp³-hybridized carbons (Fsp3) is 0.444. The molecule has 0 spiro atoms. The lowest BCUT2D eigenvalue weighted by molar-refractivity contribution is -0.139. The van der Waals surface area contributed by atoms with Crippen LogP contribution in [0.2, 0.25) is 0 Å². The summed E-state index contributed by atoms with van der Waals surface area (Å²) >= 11 is 0. The summed E-state index contributed by atoms with van der Waals surface area (Å²) in [6.07, 6.45) is 18.2. The Kier molecular flexibility index (Phi) is 31.1. The number of aryl methyl sites for hydroxylation is 2. The molecule has 544 valence electrons. The standard InChI is InChI=1S/2C45H59N3O3/c2*1-33(2)43(49)51-30-18-14-12-10-9-11-13-17-29-50-37-24-21-35(22-25-37)32-46-41-27-28-42(39-20-16-15-19-38(39)41)48-47-40-26-23-36(31-34(40)3)45(7,8)44(4,5)6/h2*15-16,19-28,31,46H,1,9-14,17-18,29-30,32H2,2-8H3. The van der Waals surface area contributed by atoms with Gasteiger partial charge in [0.1, 0.15) is 11.5 Å². The quantitative estimate of drug-likeness (QED) is 0.0168. The summed E-state index contributed by atoms with van der Waals surface area (Å²) in [5.41, 5.74) is 14.2. The largest absolute Gasteiger partial charge is 0.494 e. The number of nitrogens with zero attached hydrogens (tertiary/aromatic N) is 4. The molecular weight excluding hydrogens is 1260 g/mol. The highest BCUT2D eigenvalue weighted by atomic mass is 16.5. The molecule has 0 bridgehead atoms. The third-order valence-electron chi connectivity index (χ3n) is 20.5. The van der Waals surface area contributed by atoms with E-state index in [2.05, 4.69) is 263 Å². The van der Waals surface area contributed by atoms with E-state index >= 15 is 0 Å². The Bertz CT molecular complexity index is 3790.